The van der Waals surface area contributed by atoms with Gasteiger partial charge in [-0.1, -0.05) is 36.4 Å². The molecule has 0 spiro atoms. The molecule has 3 aromatic rings. The number of hydrogen-bond donors (Lipinski definition) is 2. The van der Waals surface area contributed by atoms with Crippen LogP contribution >= 0.6 is 12.2 Å². The number of anilines is 2. The Balaban J connectivity index is 1.32. The highest BCUT2D eigenvalue weighted by Gasteiger charge is 2.16. The number of pyridine rings is 1. The van der Waals surface area contributed by atoms with Gasteiger partial charge >= 0.3 is 0 Å². The number of benzene rings is 2. The van der Waals surface area contributed by atoms with E-state index in [4.69, 9.17) is 12.2 Å². The van der Waals surface area contributed by atoms with Crippen molar-refractivity contribution in [3.63, 3.8) is 0 Å². The quantitative estimate of drug-likeness (QED) is 0.649. The number of aromatic nitrogens is 1. The largest absolute Gasteiger partial charge is 0.358 e. The summed E-state index contributed by atoms with van der Waals surface area (Å²) in [5.74, 6) is 0.720. The summed E-state index contributed by atoms with van der Waals surface area (Å²) in [4.78, 5) is 6.88. The number of halogens is 1. The summed E-state index contributed by atoms with van der Waals surface area (Å²) in [6, 6.07) is 18.9. The third-order valence-electron chi connectivity index (χ3n) is 4.83. The van der Waals surface area contributed by atoms with Crippen molar-refractivity contribution in [1.82, 2.24) is 10.3 Å². The molecular weight excluding hydrogens is 371 g/mol. The molecule has 0 saturated carbocycles. The zero-order valence-electron chi connectivity index (χ0n) is 15.4. The van der Waals surface area contributed by atoms with Gasteiger partial charge in [0.25, 0.3) is 0 Å². The average molecular weight is 393 g/mol. The van der Waals surface area contributed by atoms with E-state index in [-0.39, 0.29) is 5.82 Å². The van der Waals surface area contributed by atoms with Crippen molar-refractivity contribution in [1.29, 1.82) is 0 Å². The lowest BCUT2D eigenvalue weighted by Gasteiger charge is -2.29. The fraction of sp³-hybridized carbons (Fsp3) is 0.182. The van der Waals surface area contributed by atoms with Crippen LogP contribution in [0.25, 0.3) is 0 Å². The second-order valence-corrected chi connectivity index (χ2v) is 7.19. The third kappa shape index (κ3) is 4.46. The van der Waals surface area contributed by atoms with E-state index >= 15 is 0 Å². The molecule has 0 saturated heterocycles. The van der Waals surface area contributed by atoms with Gasteiger partial charge in [-0.3, -0.25) is 0 Å². The van der Waals surface area contributed by atoms with Crippen LogP contribution < -0.4 is 15.5 Å². The Bertz CT molecular complexity index is 957. The van der Waals surface area contributed by atoms with Crippen molar-refractivity contribution in [2.75, 3.05) is 16.8 Å². The highest BCUT2D eigenvalue weighted by atomic mass is 32.1. The number of thiocarbonyl (C=S) groups is 1. The SMILES string of the molecule is Fc1ccc(CNC(=S)Nc2ccc(N3CCc4ccccc4C3)nc2)cc1. The van der Waals surface area contributed by atoms with Crippen LogP contribution in [0.4, 0.5) is 15.9 Å². The molecule has 0 aliphatic carbocycles. The number of hydrogen-bond acceptors (Lipinski definition) is 3. The molecule has 2 aromatic carbocycles. The van der Waals surface area contributed by atoms with Crippen LogP contribution in [0.5, 0.6) is 0 Å². The molecule has 0 radical (unpaired) electrons. The van der Waals surface area contributed by atoms with Crippen LogP contribution in [-0.4, -0.2) is 16.6 Å². The Kier molecular flexibility index (Phi) is 5.48. The molecule has 0 unspecified atom stereocenters. The standard InChI is InChI=1S/C22H21FN4S/c23-19-7-5-16(6-8-19)13-25-22(28)26-20-9-10-21(24-14-20)27-12-11-17-3-1-2-4-18(17)15-27/h1-10,14H,11-13,15H2,(H2,25,26,28). The molecule has 142 valence electrons. The number of fused-ring (bicyclic) bond motifs is 1. The van der Waals surface area contributed by atoms with Crippen molar-refractivity contribution in [3.8, 4) is 0 Å². The normalized spacial score (nSPS) is 13.0. The van der Waals surface area contributed by atoms with Crippen LogP contribution in [0.2, 0.25) is 0 Å². The first-order valence-corrected chi connectivity index (χ1v) is 9.65. The molecule has 1 aromatic heterocycles. The predicted molar refractivity (Wildman–Crippen MR) is 115 cm³/mol. The maximum atomic E-state index is 12.9. The lowest BCUT2D eigenvalue weighted by atomic mass is 10.00. The van der Waals surface area contributed by atoms with Crippen LogP contribution in [-0.2, 0) is 19.5 Å². The monoisotopic (exact) mass is 392 g/mol. The Morgan fingerprint density at radius 3 is 2.57 bits per heavy atom. The molecule has 4 nitrogen and oxygen atoms in total. The third-order valence-corrected chi connectivity index (χ3v) is 5.07. The number of nitrogens with one attached hydrogen (secondary N) is 2. The van der Waals surface area contributed by atoms with Crippen molar-refractivity contribution in [3.05, 3.63) is 89.4 Å². The number of nitrogens with zero attached hydrogens (tertiary/aromatic N) is 2. The molecule has 6 heteroatoms. The summed E-state index contributed by atoms with van der Waals surface area (Å²) in [5, 5.41) is 6.76. The molecular formula is C22H21FN4S. The van der Waals surface area contributed by atoms with Gasteiger partial charge < -0.3 is 15.5 Å². The van der Waals surface area contributed by atoms with E-state index in [2.05, 4.69) is 44.8 Å². The molecule has 1 aliphatic rings. The van der Waals surface area contributed by atoms with Gasteiger partial charge in [-0.25, -0.2) is 9.37 Å². The van der Waals surface area contributed by atoms with Crippen molar-refractivity contribution < 1.29 is 4.39 Å². The molecule has 0 amide bonds. The molecule has 0 fully saturated rings. The summed E-state index contributed by atoms with van der Waals surface area (Å²) >= 11 is 5.33. The molecule has 28 heavy (non-hydrogen) atoms. The van der Waals surface area contributed by atoms with E-state index in [0.717, 1.165) is 36.6 Å². The molecule has 2 heterocycles. The van der Waals surface area contributed by atoms with Crippen LogP contribution in [0.1, 0.15) is 16.7 Å². The Labute approximate surface area is 169 Å². The van der Waals surface area contributed by atoms with Crippen molar-refractivity contribution >= 4 is 28.8 Å². The summed E-state index contributed by atoms with van der Waals surface area (Å²) in [7, 11) is 0. The lowest BCUT2D eigenvalue weighted by Crippen LogP contribution is -2.31. The van der Waals surface area contributed by atoms with Gasteiger partial charge in [-0.2, -0.15) is 0 Å². The van der Waals surface area contributed by atoms with E-state index in [0.29, 0.717) is 11.7 Å². The van der Waals surface area contributed by atoms with Crippen LogP contribution in [0, 0.1) is 5.82 Å². The highest BCUT2D eigenvalue weighted by Crippen LogP contribution is 2.23. The summed E-state index contributed by atoms with van der Waals surface area (Å²) in [5.41, 5.74) is 4.58. The fourth-order valence-electron chi connectivity index (χ4n) is 3.30. The first kappa shape index (κ1) is 18.4. The second kappa shape index (κ2) is 8.35. The zero-order valence-corrected chi connectivity index (χ0v) is 16.2. The predicted octanol–water partition coefficient (Wildman–Crippen LogP) is 4.27. The topological polar surface area (TPSA) is 40.2 Å². The maximum absolute atomic E-state index is 12.9. The van der Waals surface area contributed by atoms with E-state index in [1.807, 2.05) is 12.1 Å². The second-order valence-electron chi connectivity index (χ2n) is 6.78. The molecule has 0 bridgehead atoms. The van der Waals surface area contributed by atoms with Crippen LogP contribution in [0.15, 0.2) is 66.9 Å². The average Bonchev–Trinajstić information content (AvgIpc) is 2.73. The van der Waals surface area contributed by atoms with Gasteiger partial charge in [0.15, 0.2) is 5.11 Å². The van der Waals surface area contributed by atoms with E-state index in [9.17, 15) is 4.39 Å². The first-order chi connectivity index (χ1) is 13.7. The summed E-state index contributed by atoms with van der Waals surface area (Å²) in [6.45, 7) is 2.38. The maximum Gasteiger partial charge on any atom is 0.171 e. The summed E-state index contributed by atoms with van der Waals surface area (Å²) in [6.07, 6.45) is 2.83. The Morgan fingerprint density at radius 1 is 1.04 bits per heavy atom. The molecule has 4 rings (SSSR count). The number of rotatable bonds is 4. The summed E-state index contributed by atoms with van der Waals surface area (Å²) < 4.78 is 12.9. The van der Waals surface area contributed by atoms with Gasteiger partial charge in [0.2, 0.25) is 0 Å². The van der Waals surface area contributed by atoms with Gasteiger partial charge in [0.05, 0.1) is 11.9 Å². The first-order valence-electron chi connectivity index (χ1n) is 9.24. The fourth-order valence-corrected chi connectivity index (χ4v) is 3.49. The van der Waals surface area contributed by atoms with E-state index < -0.39 is 0 Å². The molecule has 1 aliphatic heterocycles. The van der Waals surface area contributed by atoms with E-state index in [1.165, 1.54) is 23.3 Å². The smallest absolute Gasteiger partial charge is 0.171 e. The minimum atomic E-state index is -0.243. The van der Waals surface area contributed by atoms with Gasteiger partial charge in [-0.05, 0) is 59.6 Å². The molecule has 2 N–H and O–H groups in total. The molecule has 0 atom stereocenters. The van der Waals surface area contributed by atoms with Gasteiger partial charge in [0, 0.05) is 19.6 Å². The van der Waals surface area contributed by atoms with Gasteiger partial charge in [0.1, 0.15) is 11.6 Å². The minimum Gasteiger partial charge on any atom is -0.358 e. The Morgan fingerprint density at radius 2 is 1.82 bits per heavy atom. The minimum absolute atomic E-state index is 0.243. The van der Waals surface area contributed by atoms with E-state index in [1.54, 1.807) is 18.3 Å². The van der Waals surface area contributed by atoms with Crippen molar-refractivity contribution in [2.24, 2.45) is 0 Å². The zero-order chi connectivity index (χ0) is 19.3. The Hall–Kier alpha value is -2.99. The van der Waals surface area contributed by atoms with Gasteiger partial charge in [-0.15, -0.1) is 0 Å². The highest BCUT2D eigenvalue weighted by molar-refractivity contribution is 7.80. The lowest BCUT2D eigenvalue weighted by molar-refractivity contribution is 0.627. The van der Waals surface area contributed by atoms with Crippen LogP contribution in [0.3, 0.4) is 0 Å². The van der Waals surface area contributed by atoms with Crippen molar-refractivity contribution in [2.45, 2.75) is 19.5 Å².